The summed E-state index contributed by atoms with van der Waals surface area (Å²) >= 11 is 0. The Balaban J connectivity index is 1.51. The molecule has 232 valence electrons. The number of ether oxygens (including phenoxy) is 3. The number of para-hydroxylation sites is 3. The van der Waals surface area contributed by atoms with E-state index < -0.39 is 11.9 Å². The van der Waals surface area contributed by atoms with Gasteiger partial charge in [-0.05, 0) is 67.9 Å². The Kier molecular flexibility index (Phi) is 8.17. The molecule has 0 saturated carbocycles. The van der Waals surface area contributed by atoms with Gasteiger partial charge >= 0.3 is 5.97 Å². The second-order valence-corrected chi connectivity index (χ2v) is 10.7. The molecule has 0 amide bonds. The maximum atomic E-state index is 14.2. The molecule has 0 saturated heterocycles. The number of rotatable bonds is 9. The molecule has 0 spiro atoms. The summed E-state index contributed by atoms with van der Waals surface area (Å²) in [4.78, 5) is 41.4. The van der Waals surface area contributed by atoms with Gasteiger partial charge in [0, 0.05) is 17.3 Å². The lowest BCUT2D eigenvalue weighted by Crippen LogP contribution is -2.25. The van der Waals surface area contributed by atoms with Crippen LogP contribution in [0.5, 0.6) is 17.2 Å². The minimum Gasteiger partial charge on any atom is -0.496 e. The highest BCUT2D eigenvalue weighted by Gasteiger charge is 2.32. The number of H-pyrrole nitrogens is 2. The zero-order chi connectivity index (χ0) is 32.4. The monoisotopic (exact) mass is 616 g/mol. The Labute approximate surface area is 264 Å². The first-order valence-corrected chi connectivity index (χ1v) is 14.6. The molecule has 0 aliphatic carbocycles. The summed E-state index contributed by atoms with van der Waals surface area (Å²) in [5.74, 6) is -0.645. The molecule has 6 aromatic rings. The van der Waals surface area contributed by atoms with Gasteiger partial charge in [0.15, 0.2) is 11.5 Å². The van der Waals surface area contributed by atoms with E-state index in [4.69, 9.17) is 14.2 Å². The second-order valence-electron chi connectivity index (χ2n) is 10.7. The van der Waals surface area contributed by atoms with Crippen molar-refractivity contribution in [3.63, 3.8) is 0 Å². The number of nitrogens with one attached hydrogen (secondary N) is 2. The lowest BCUT2D eigenvalue weighted by atomic mass is 9.85. The maximum absolute atomic E-state index is 14.2. The van der Waals surface area contributed by atoms with Crippen LogP contribution >= 0.6 is 0 Å². The molecule has 0 bridgehead atoms. The fourth-order valence-electron chi connectivity index (χ4n) is 5.71. The summed E-state index contributed by atoms with van der Waals surface area (Å²) in [5.41, 5.74) is 3.53. The van der Waals surface area contributed by atoms with Crippen molar-refractivity contribution in [3.05, 3.63) is 157 Å². The van der Waals surface area contributed by atoms with E-state index in [1.807, 2.05) is 74.5 Å². The van der Waals surface area contributed by atoms with Crippen molar-refractivity contribution in [1.82, 2.24) is 19.6 Å². The smallest absolute Gasteiger partial charge is 0.347 e. The van der Waals surface area contributed by atoms with E-state index in [0.29, 0.717) is 45.2 Å². The van der Waals surface area contributed by atoms with Gasteiger partial charge in [-0.2, -0.15) is 0 Å². The number of aryl methyl sites for hydroxylation is 2. The molecular weight excluding hydrogens is 584 g/mol. The molecule has 2 N–H and O–H groups in total. The van der Waals surface area contributed by atoms with Crippen LogP contribution in [0, 0.1) is 13.8 Å². The van der Waals surface area contributed by atoms with Gasteiger partial charge in [-0.1, -0.05) is 54.6 Å². The molecule has 6 rings (SSSR count). The zero-order valence-electron chi connectivity index (χ0n) is 25.7. The van der Waals surface area contributed by atoms with E-state index >= 15 is 0 Å². The first-order valence-electron chi connectivity index (χ1n) is 14.6. The fourth-order valence-corrected chi connectivity index (χ4v) is 5.71. The van der Waals surface area contributed by atoms with Gasteiger partial charge < -0.3 is 14.2 Å². The molecule has 0 fully saturated rings. The zero-order valence-corrected chi connectivity index (χ0v) is 25.7. The molecule has 0 unspecified atom stereocenters. The van der Waals surface area contributed by atoms with Gasteiger partial charge in [-0.25, -0.2) is 14.2 Å². The Morgan fingerprint density at radius 1 is 0.630 bits per heavy atom. The third-order valence-corrected chi connectivity index (χ3v) is 7.89. The van der Waals surface area contributed by atoms with Gasteiger partial charge in [-0.3, -0.25) is 19.8 Å². The maximum Gasteiger partial charge on any atom is 0.347 e. The highest BCUT2D eigenvalue weighted by atomic mass is 16.6. The number of hydrogen-bond acceptors (Lipinski definition) is 6. The average Bonchev–Trinajstić information content (AvgIpc) is 3.55. The molecule has 0 aliphatic rings. The van der Waals surface area contributed by atoms with E-state index in [-0.39, 0.29) is 28.2 Å². The Morgan fingerprint density at radius 2 is 1.13 bits per heavy atom. The van der Waals surface area contributed by atoms with Crippen LogP contribution in [-0.2, 0) is 0 Å². The average molecular weight is 617 g/mol. The fraction of sp³-hybridized carbons (Fsp3) is 0.139. The summed E-state index contributed by atoms with van der Waals surface area (Å²) in [7, 11) is 2.94. The highest BCUT2D eigenvalue weighted by molar-refractivity contribution is 5.94. The van der Waals surface area contributed by atoms with Gasteiger partial charge in [0.05, 0.1) is 36.7 Å². The normalized spacial score (nSPS) is 11.1. The largest absolute Gasteiger partial charge is 0.496 e. The van der Waals surface area contributed by atoms with Crippen LogP contribution in [0.4, 0.5) is 0 Å². The number of aromatic amines is 2. The van der Waals surface area contributed by atoms with Crippen molar-refractivity contribution in [2.75, 3.05) is 14.2 Å². The minimum atomic E-state index is -0.810. The predicted octanol–water partition coefficient (Wildman–Crippen LogP) is 5.68. The molecule has 4 aromatic carbocycles. The lowest BCUT2D eigenvalue weighted by molar-refractivity contribution is 0.0726. The summed E-state index contributed by atoms with van der Waals surface area (Å²) in [6, 6.07) is 30.2. The number of nitrogens with zero attached hydrogens (tertiary/aromatic N) is 2. The minimum absolute atomic E-state index is 0.167. The number of methoxy groups -OCH3 is 2. The number of hydrogen-bond donors (Lipinski definition) is 2. The quantitative estimate of drug-likeness (QED) is 0.159. The van der Waals surface area contributed by atoms with Gasteiger partial charge in [0.1, 0.15) is 11.3 Å². The van der Waals surface area contributed by atoms with E-state index in [1.54, 1.807) is 42.5 Å². The van der Waals surface area contributed by atoms with Crippen molar-refractivity contribution in [1.29, 1.82) is 0 Å². The van der Waals surface area contributed by atoms with Gasteiger partial charge in [0.25, 0.3) is 11.1 Å². The van der Waals surface area contributed by atoms with E-state index in [1.165, 1.54) is 23.6 Å². The Bertz CT molecular complexity index is 2040. The molecule has 10 nitrogen and oxygen atoms in total. The summed E-state index contributed by atoms with van der Waals surface area (Å²) in [5, 5.41) is 6.39. The van der Waals surface area contributed by atoms with Crippen LogP contribution in [0.25, 0.3) is 11.4 Å². The summed E-state index contributed by atoms with van der Waals surface area (Å²) < 4.78 is 19.7. The van der Waals surface area contributed by atoms with Gasteiger partial charge in [0.2, 0.25) is 0 Å². The Morgan fingerprint density at radius 3 is 1.65 bits per heavy atom. The van der Waals surface area contributed by atoms with Crippen LogP contribution in [0.1, 0.15) is 44.4 Å². The first-order chi connectivity index (χ1) is 22.3. The van der Waals surface area contributed by atoms with Crippen molar-refractivity contribution in [2.45, 2.75) is 19.8 Å². The lowest BCUT2D eigenvalue weighted by Gasteiger charge is -2.18. The third-order valence-electron chi connectivity index (χ3n) is 7.89. The molecule has 46 heavy (non-hydrogen) atoms. The number of aromatic nitrogens is 4. The Hall–Kier alpha value is -6.03. The molecular formula is C36H32N4O6. The van der Waals surface area contributed by atoms with Crippen molar-refractivity contribution in [2.24, 2.45) is 0 Å². The predicted molar refractivity (Wildman–Crippen MR) is 174 cm³/mol. The number of carbonyl (C=O) groups excluding carboxylic acids is 1. The summed E-state index contributed by atoms with van der Waals surface area (Å²) in [6.45, 7) is 3.61. The van der Waals surface area contributed by atoms with Gasteiger partial charge in [-0.15, -0.1) is 0 Å². The standard InChI is InChI=1S/C36H32N4O6/c1-22-31(34(41)39(37-22)25-13-7-5-8-14-25)33(32-23(2)38-40(35(32)42)26-15-9-6-10-16-26)24-19-20-29(30(21-24)45-4)46-36(43)27-17-11-12-18-28(27)44-3/h5-21,33,37-38H,1-4H3. The number of benzene rings is 4. The topological polar surface area (TPSA) is 120 Å². The molecule has 2 aromatic heterocycles. The van der Waals surface area contributed by atoms with E-state index in [0.717, 1.165) is 0 Å². The first kappa shape index (κ1) is 30.0. The summed E-state index contributed by atoms with van der Waals surface area (Å²) in [6.07, 6.45) is 0. The van der Waals surface area contributed by atoms with Crippen LogP contribution < -0.4 is 25.3 Å². The molecule has 2 heterocycles. The van der Waals surface area contributed by atoms with Crippen molar-refractivity contribution in [3.8, 4) is 28.6 Å². The molecule has 10 heteroatoms. The second kappa shape index (κ2) is 12.5. The molecule has 0 atom stereocenters. The van der Waals surface area contributed by atoms with Crippen LogP contribution in [0.2, 0.25) is 0 Å². The van der Waals surface area contributed by atoms with Crippen LogP contribution in [0.15, 0.2) is 113 Å². The molecule has 0 aliphatic heterocycles. The van der Waals surface area contributed by atoms with Crippen molar-refractivity contribution >= 4 is 5.97 Å². The van der Waals surface area contributed by atoms with E-state index in [9.17, 15) is 14.4 Å². The SMILES string of the molecule is COc1cc(C(c2c(C)[nH]n(-c3ccccc3)c2=O)c2c(C)[nH]n(-c3ccccc3)c2=O)ccc1OC(=O)c1ccccc1OC. The van der Waals surface area contributed by atoms with Crippen LogP contribution in [0.3, 0.4) is 0 Å². The van der Waals surface area contributed by atoms with Crippen LogP contribution in [-0.4, -0.2) is 39.7 Å². The third kappa shape index (κ3) is 5.41. The highest BCUT2D eigenvalue weighted by Crippen LogP contribution is 2.38. The van der Waals surface area contributed by atoms with E-state index in [2.05, 4.69) is 10.2 Å². The molecule has 0 radical (unpaired) electrons. The number of esters is 1. The van der Waals surface area contributed by atoms with Crippen molar-refractivity contribution < 1.29 is 19.0 Å². The number of carbonyl (C=O) groups is 1.